The Morgan fingerprint density at radius 2 is 1.96 bits per heavy atom. The van der Waals surface area contributed by atoms with Crippen molar-refractivity contribution in [1.29, 1.82) is 0 Å². The molecule has 1 aliphatic heterocycles. The Morgan fingerprint density at radius 3 is 2.64 bits per heavy atom. The molecular weight excluding hydrogens is 319 g/mol. The number of aromatic nitrogens is 1. The molecular formula is C19H23FN4O. The number of halogens is 1. The number of rotatable bonds is 4. The molecule has 1 aromatic carbocycles. The summed E-state index contributed by atoms with van der Waals surface area (Å²) in [6, 6.07) is 9.67. The minimum atomic E-state index is -0.320. The Hall–Kier alpha value is -2.47. The number of likely N-dealkylation sites (N-methyl/N-ethyl adjacent to an activating group) is 1. The van der Waals surface area contributed by atoms with Crippen molar-refractivity contribution in [2.75, 3.05) is 38.1 Å². The van der Waals surface area contributed by atoms with Gasteiger partial charge in [-0.2, -0.15) is 0 Å². The fourth-order valence-electron chi connectivity index (χ4n) is 3.05. The average molecular weight is 342 g/mol. The molecule has 6 heteroatoms. The largest absolute Gasteiger partial charge is 0.369 e. The molecule has 0 unspecified atom stereocenters. The van der Waals surface area contributed by atoms with Gasteiger partial charge in [0.2, 0.25) is 0 Å². The minimum absolute atomic E-state index is 0.262. The van der Waals surface area contributed by atoms with E-state index in [2.05, 4.69) is 27.1 Å². The van der Waals surface area contributed by atoms with E-state index in [0.717, 1.165) is 37.4 Å². The number of nitrogens with one attached hydrogen (secondary N) is 1. The number of hydrogen-bond acceptors (Lipinski definition) is 4. The van der Waals surface area contributed by atoms with E-state index in [0.29, 0.717) is 5.69 Å². The highest BCUT2D eigenvalue weighted by Crippen LogP contribution is 2.28. The van der Waals surface area contributed by atoms with Crippen LogP contribution in [0.1, 0.15) is 29.0 Å². The van der Waals surface area contributed by atoms with Crippen molar-refractivity contribution in [2.45, 2.75) is 13.0 Å². The van der Waals surface area contributed by atoms with Gasteiger partial charge in [0.05, 0.1) is 6.04 Å². The molecule has 1 saturated heterocycles. The Kier molecular flexibility index (Phi) is 5.28. The van der Waals surface area contributed by atoms with Gasteiger partial charge in [0.25, 0.3) is 5.91 Å². The highest BCUT2D eigenvalue weighted by Gasteiger charge is 2.21. The number of piperazine rings is 1. The molecule has 1 atom stereocenters. The van der Waals surface area contributed by atoms with Crippen molar-refractivity contribution in [3.63, 3.8) is 0 Å². The topological polar surface area (TPSA) is 48.5 Å². The summed E-state index contributed by atoms with van der Waals surface area (Å²) in [5.41, 5.74) is 2.11. The maximum atomic E-state index is 13.8. The summed E-state index contributed by atoms with van der Waals surface area (Å²) in [5, 5.41) is 2.92. The number of carbonyl (C=O) groups is 1. The monoisotopic (exact) mass is 342 g/mol. The van der Waals surface area contributed by atoms with Gasteiger partial charge in [-0.15, -0.1) is 0 Å². The molecule has 1 amide bonds. The van der Waals surface area contributed by atoms with Crippen LogP contribution in [0.5, 0.6) is 0 Å². The van der Waals surface area contributed by atoms with Crippen molar-refractivity contribution in [3.8, 4) is 0 Å². The van der Waals surface area contributed by atoms with Gasteiger partial charge in [-0.05, 0) is 44.3 Å². The van der Waals surface area contributed by atoms with Crippen LogP contribution in [0.15, 0.2) is 42.6 Å². The van der Waals surface area contributed by atoms with Crippen LogP contribution in [-0.4, -0.2) is 49.0 Å². The number of pyridine rings is 1. The highest BCUT2D eigenvalue weighted by molar-refractivity contribution is 5.92. The molecule has 3 rings (SSSR count). The zero-order chi connectivity index (χ0) is 17.8. The van der Waals surface area contributed by atoms with Crippen LogP contribution in [0.2, 0.25) is 0 Å². The second kappa shape index (κ2) is 7.61. The molecule has 1 aromatic heterocycles. The average Bonchev–Trinajstić information content (AvgIpc) is 2.63. The fourth-order valence-corrected chi connectivity index (χ4v) is 3.05. The summed E-state index contributed by atoms with van der Waals surface area (Å²) in [5.74, 6) is -0.562. The first-order valence-electron chi connectivity index (χ1n) is 8.49. The number of benzene rings is 1. The summed E-state index contributed by atoms with van der Waals surface area (Å²) >= 11 is 0. The maximum Gasteiger partial charge on any atom is 0.270 e. The van der Waals surface area contributed by atoms with Gasteiger partial charge in [0, 0.05) is 43.6 Å². The number of carbonyl (C=O) groups excluding carboxylic acids is 1. The summed E-state index contributed by atoms with van der Waals surface area (Å²) < 4.78 is 13.8. The zero-order valence-electron chi connectivity index (χ0n) is 14.6. The molecule has 1 fully saturated rings. The van der Waals surface area contributed by atoms with E-state index in [-0.39, 0.29) is 17.8 Å². The van der Waals surface area contributed by atoms with E-state index in [1.165, 1.54) is 12.1 Å². The smallest absolute Gasteiger partial charge is 0.270 e. The first-order valence-corrected chi connectivity index (χ1v) is 8.49. The third-order valence-corrected chi connectivity index (χ3v) is 4.55. The molecule has 0 radical (unpaired) electrons. The molecule has 2 heterocycles. The van der Waals surface area contributed by atoms with Gasteiger partial charge < -0.3 is 15.1 Å². The van der Waals surface area contributed by atoms with Crippen molar-refractivity contribution >= 4 is 11.6 Å². The quantitative estimate of drug-likeness (QED) is 0.927. The number of amides is 1. The van der Waals surface area contributed by atoms with E-state index in [1.807, 2.05) is 6.92 Å². The van der Waals surface area contributed by atoms with Crippen molar-refractivity contribution < 1.29 is 9.18 Å². The van der Waals surface area contributed by atoms with Crippen LogP contribution in [-0.2, 0) is 0 Å². The van der Waals surface area contributed by atoms with Gasteiger partial charge in [0.1, 0.15) is 11.5 Å². The maximum absolute atomic E-state index is 13.8. The molecule has 1 aliphatic rings. The van der Waals surface area contributed by atoms with Gasteiger partial charge in [0.15, 0.2) is 0 Å². The predicted octanol–water partition coefficient (Wildman–Crippen LogP) is 2.46. The molecule has 0 bridgehead atoms. The zero-order valence-corrected chi connectivity index (χ0v) is 14.6. The van der Waals surface area contributed by atoms with Crippen LogP contribution in [0.3, 0.4) is 0 Å². The normalized spacial score (nSPS) is 16.5. The van der Waals surface area contributed by atoms with Gasteiger partial charge >= 0.3 is 0 Å². The number of nitrogens with zero attached hydrogens (tertiary/aromatic N) is 3. The highest BCUT2D eigenvalue weighted by atomic mass is 19.1. The van der Waals surface area contributed by atoms with Crippen molar-refractivity contribution in [3.05, 3.63) is 59.7 Å². The first-order chi connectivity index (χ1) is 12.0. The molecule has 0 aliphatic carbocycles. The second-order valence-electron chi connectivity index (χ2n) is 6.40. The van der Waals surface area contributed by atoms with Gasteiger partial charge in [-0.3, -0.25) is 9.78 Å². The van der Waals surface area contributed by atoms with E-state index in [1.54, 1.807) is 30.5 Å². The van der Waals surface area contributed by atoms with Crippen LogP contribution >= 0.6 is 0 Å². The van der Waals surface area contributed by atoms with E-state index in [9.17, 15) is 9.18 Å². The van der Waals surface area contributed by atoms with Crippen LogP contribution in [0.25, 0.3) is 0 Å². The Morgan fingerprint density at radius 1 is 1.20 bits per heavy atom. The van der Waals surface area contributed by atoms with Crippen molar-refractivity contribution in [2.24, 2.45) is 0 Å². The Bertz CT molecular complexity index is 729. The number of hydrogen-bond donors (Lipinski definition) is 1. The lowest BCUT2D eigenvalue weighted by atomic mass is 10.0. The minimum Gasteiger partial charge on any atom is -0.369 e. The first kappa shape index (κ1) is 17.4. The summed E-state index contributed by atoms with van der Waals surface area (Å²) in [6.45, 7) is 5.57. The Labute approximate surface area is 147 Å². The second-order valence-corrected chi connectivity index (χ2v) is 6.40. The third-order valence-electron chi connectivity index (χ3n) is 4.55. The molecule has 1 N–H and O–H groups in total. The lowest BCUT2D eigenvalue weighted by molar-refractivity contribution is 0.0935. The lowest BCUT2D eigenvalue weighted by Gasteiger charge is -2.36. The lowest BCUT2D eigenvalue weighted by Crippen LogP contribution is -2.45. The third kappa shape index (κ3) is 4.14. The Balaban J connectivity index is 1.80. The van der Waals surface area contributed by atoms with E-state index in [4.69, 9.17) is 0 Å². The molecule has 25 heavy (non-hydrogen) atoms. The van der Waals surface area contributed by atoms with Gasteiger partial charge in [-0.1, -0.05) is 6.07 Å². The molecule has 5 nitrogen and oxygen atoms in total. The number of anilines is 1. The van der Waals surface area contributed by atoms with Crippen LogP contribution < -0.4 is 10.2 Å². The molecule has 132 valence electrons. The van der Waals surface area contributed by atoms with E-state index < -0.39 is 0 Å². The fraction of sp³-hybridized carbons (Fsp3) is 0.368. The van der Waals surface area contributed by atoms with E-state index >= 15 is 0 Å². The van der Waals surface area contributed by atoms with Crippen LogP contribution in [0, 0.1) is 5.82 Å². The molecule has 2 aromatic rings. The summed E-state index contributed by atoms with van der Waals surface area (Å²) in [7, 11) is 2.10. The SMILES string of the molecule is C[C@H](NC(=O)c1ccccn1)c1cc(F)ccc1N1CCN(C)CC1. The summed E-state index contributed by atoms with van der Waals surface area (Å²) in [4.78, 5) is 20.9. The van der Waals surface area contributed by atoms with Crippen molar-refractivity contribution in [1.82, 2.24) is 15.2 Å². The predicted molar refractivity (Wildman–Crippen MR) is 96.2 cm³/mol. The molecule has 0 spiro atoms. The van der Waals surface area contributed by atoms with Gasteiger partial charge in [-0.25, -0.2) is 4.39 Å². The molecule has 0 saturated carbocycles. The summed E-state index contributed by atoms with van der Waals surface area (Å²) in [6.07, 6.45) is 1.58. The standard InChI is InChI=1S/C19H23FN4O/c1-14(22-19(25)17-5-3-4-8-21-17)16-13-15(20)6-7-18(16)24-11-9-23(2)10-12-24/h3-8,13-14H,9-12H2,1-2H3,(H,22,25)/t14-/m0/s1. The van der Waals surface area contributed by atoms with Crippen LogP contribution in [0.4, 0.5) is 10.1 Å².